The molecule has 0 saturated carbocycles. The first-order valence-electron chi connectivity index (χ1n) is 6.90. The van der Waals surface area contributed by atoms with Crippen LogP contribution in [0.25, 0.3) is 10.9 Å². The standard InChI is InChI=1S/C14H13F3N4O/c15-14(16,17)22-9-1-2-11-10(3-9)12(20-8-19-11)21-6-13(7-21)4-18-5-13/h1-3,8,18H,4-7H2. The number of anilines is 1. The fourth-order valence-corrected chi connectivity index (χ4v) is 3.09. The third kappa shape index (κ3) is 2.23. The van der Waals surface area contributed by atoms with Crippen molar-refractivity contribution in [2.24, 2.45) is 5.41 Å². The molecular weight excluding hydrogens is 297 g/mol. The van der Waals surface area contributed by atoms with Crippen LogP contribution in [0.5, 0.6) is 5.75 Å². The van der Waals surface area contributed by atoms with Gasteiger partial charge in [0.15, 0.2) is 0 Å². The van der Waals surface area contributed by atoms with Crippen molar-refractivity contribution in [1.29, 1.82) is 0 Å². The highest BCUT2D eigenvalue weighted by Gasteiger charge is 2.48. The molecule has 2 aliphatic heterocycles. The number of aromatic nitrogens is 2. The van der Waals surface area contributed by atoms with Crippen LogP contribution in [0.3, 0.4) is 0 Å². The number of fused-ring (bicyclic) bond motifs is 1. The first kappa shape index (κ1) is 13.6. The average Bonchev–Trinajstić information content (AvgIpc) is 2.34. The summed E-state index contributed by atoms with van der Waals surface area (Å²) in [4.78, 5) is 10.4. The predicted octanol–water partition coefficient (Wildman–Crippen LogP) is 1.94. The number of hydrogen-bond donors (Lipinski definition) is 1. The number of hydrogen-bond acceptors (Lipinski definition) is 5. The van der Waals surface area contributed by atoms with Gasteiger partial charge in [-0.3, -0.25) is 0 Å². The Morgan fingerprint density at radius 1 is 1.18 bits per heavy atom. The maximum absolute atomic E-state index is 12.4. The van der Waals surface area contributed by atoms with Crippen molar-refractivity contribution in [3.63, 3.8) is 0 Å². The van der Waals surface area contributed by atoms with E-state index in [-0.39, 0.29) is 5.75 Å². The topological polar surface area (TPSA) is 50.3 Å². The molecule has 0 bridgehead atoms. The third-order valence-electron chi connectivity index (χ3n) is 4.17. The molecule has 8 heteroatoms. The summed E-state index contributed by atoms with van der Waals surface area (Å²) in [5.41, 5.74) is 0.907. The van der Waals surface area contributed by atoms with Gasteiger partial charge < -0.3 is 15.0 Å². The first-order valence-corrected chi connectivity index (χ1v) is 6.90. The molecule has 0 aliphatic carbocycles. The predicted molar refractivity (Wildman–Crippen MR) is 73.7 cm³/mol. The Balaban J connectivity index is 1.67. The molecule has 1 aromatic carbocycles. The van der Waals surface area contributed by atoms with Gasteiger partial charge in [-0.25, -0.2) is 9.97 Å². The van der Waals surface area contributed by atoms with E-state index in [1.165, 1.54) is 24.5 Å². The summed E-state index contributed by atoms with van der Waals surface area (Å²) in [5, 5.41) is 3.82. The lowest BCUT2D eigenvalue weighted by molar-refractivity contribution is -0.274. The van der Waals surface area contributed by atoms with Crippen molar-refractivity contribution in [3.8, 4) is 5.75 Å². The van der Waals surface area contributed by atoms with Gasteiger partial charge in [0.1, 0.15) is 17.9 Å². The smallest absolute Gasteiger partial charge is 0.406 e. The Kier molecular flexibility index (Phi) is 2.75. The molecule has 0 amide bonds. The van der Waals surface area contributed by atoms with Crippen molar-refractivity contribution in [2.45, 2.75) is 6.36 Å². The summed E-state index contributed by atoms with van der Waals surface area (Å²) in [6, 6.07) is 4.13. The molecule has 2 aliphatic rings. The van der Waals surface area contributed by atoms with E-state index >= 15 is 0 Å². The highest BCUT2D eigenvalue weighted by Crippen LogP contribution is 2.39. The fraction of sp³-hybridized carbons (Fsp3) is 0.429. The Hall–Kier alpha value is -2.09. The molecular formula is C14H13F3N4O. The molecule has 1 aromatic heterocycles. The second-order valence-electron chi connectivity index (χ2n) is 5.88. The van der Waals surface area contributed by atoms with E-state index in [1.54, 1.807) is 0 Å². The van der Waals surface area contributed by atoms with Crippen LogP contribution in [0, 0.1) is 5.41 Å². The molecule has 22 heavy (non-hydrogen) atoms. The largest absolute Gasteiger partial charge is 0.573 e. The van der Waals surface area contributed by atoms with Crippen molar-refractivity contribution >= 4 is 16.7 Å². The Labute approximate surface area is 124 Å². The molecule has 2 aromatic rings. The van der Waals surface area contributed by atoms with Gasteiger partial charge in [0.25, 0.3) is 0 Å². The minimum absolute atomic E-state index is 0.253. The maximum atomic E-state index is 12.4. The Morgan fingerprint density at radius 3 is 2.59 bits per heavy atom. The quantitative estimate of drug-likeness (QED) is 0.918. The van der Waals surface area contributed by atoms with E-state index in [2.05, 4.69) is 24.9 Å². The van der Waals surface area contributed by atoms with E-state index in [0.29, 0.717) is 22.1 Å². The van der Waals surface area contributed by atoms with E-state index in [9.17, 15) is 13.2 Å². The molecule has 3 heterocycles. The average molecular weight is 310 g/mol. The van der Waals surface area contributed by atoms with Crippen LogP contribution in [0.4, 0.5) is 19.0 Å². The molecule has 5 nitrogen and oxygen atoms in total. The van der Waals surface area contributed by atoms with Gasteiger partial charge in [0.05, 0.1) is 5.52 Å². The number of halogens is 3. The highest BCUT2D eigenvalue weighted by atomic mass is 19.4. The number of nitrogens with one attached hydrogen (secondary N) is 1. The minimum atomic E-state index is -4.71. The lowest BCUT2D eigenvalue weighted by Crippen LogP contribution is -2.71. The van der Waals surface area contributed by atoms with Crippen LogP contribution >= 0.6 is 0 Å². The van der Waals surface area contributed by atoms with Crippen molar-refractivity contribution in [2.75, 3.05) is 31.1 Å². The SMILES string of the molecule is FC(F)(F)Oc1ccc2ncnc(N3CC4(CNC4)C3)c2c1. The molecule has 0 unspecified atom stereocenters. The molecule has 1 spiro atoms. The zero-order valence-corrected chi connectivity index (χ0v) is 11.5. The van der Waals surface area contributed by atoms with Crippen molar-refractivity contribution in [3.05, 3.63) is 24.5 Å². The molecule has 0 atom stereocenters. The van der Waals surface area contributed by atoms with Crippen LogP contribution in [0.15, 0.2) is 24.5 Å². The normalized spacial score (nSPS) is 19.9. The van der Waals surface area contributed by atoms with Gasteiger partial charge in [-0.2, -0.15) is 0 Å². The third-order valence-corrected chi connectivity index (χ3v) is 4.17. The first-order chi connectivity index (χ1) is 10.4. The van der Waals surface area contributed by atoms with Crippen LogP contribution in [-0.2, 0) is 0 Å². The second kappa shape index (κ2) is 4.45. The van der Waals surface area contributed by atoms with Crippen molar-refractivity contribution in [1.82, 2.24) is 15.3 Å². The van der Waals surface area contributed by atoms with Crippen LogP contribution in [0.1, 0.15) is 0 Å². The molecule has 1 N–H and O–H groups in total. The van der Waals surface area contributed by atoms with Crippen molar-refractivity contribution < 1.29 is 17.9 Å². The van der Waals surface area contributed by atoms with Gasteiger partial charge >= 0.3 is 6.36 Å². The summed E-state index contributed by atoms with van der Waals surface area (Å²) in [6.07, 6.45) is -3.27. The van der Waals surface area contributed by atoms with E-state index in [0.717, 1.165) is 26.2 Å². The number of benzene rings is 1. The zero-order valence-electron chi connectivity index (χ0n) is 11.5. The van der Waals surface area contributed by atoms with E-state index in [1.807, 2.05) is 0 Å². The summed E-state index contributed by atoms with van der Waals surface area (Å²) < 4.78 is 41.1. The molecule has 2 saturated heterocycles. The van der Waals surface area contributed by atoms with Gasteiger partial charge in [0.2, 0.25) is 0 Å². The number of rotatable bonds is 2. The zero-order chi connectivity index (χ0) is 15.4. The van der Waals surface area contributed by atoms with Crippen LogP contribution in [0.2, 0.25) is 0 Å². The monoisotopic (exact) mass is 310 g/mol. The maximum Gasteiger partial charge on any atom is 0.573 e. The lowest BCUT2D eigenvalue weighted by Gasteiger charge is -2.56. The van der Waals surface area contributed by atoms with Gasteiger partial charge in [-0.05, 0) is 18.2 Å². The van der Waals surface area contributed by atoms with Gasteiger partial charge in [0, 0.05) is 37.0 Å². The number of alkyl halides is 3. The van der Waals surface area contributed by atoms with Gasteiger partial charge in [-0.1, -0.05) is 0 Å². The van der Waals surface area contributed by atoms with Crippen LogP contribution < -0.4 is 15.0 Å². The highest BCUT2D eigenvalue weighted by molar-refractivity contribution is 5.90. The summed E-state index contributed by atoms with van der Waals surface area (Å²) in [7, 11) is 0. The molecule has 4 rings (SSSR count). The van der Waals surface area contributed by atoms with Gasteiger partial charge in [-0.15, -0.1) is 13.2 Å². The number of nitrogens with zero attached hydrogens (tertiary/aromatic N) is 3. The fourth-order valence-electron chi connectivity index (χ4n) is 3.09. The Morgan fingerprint density at radius 2 is 1.95 bits per heavy atom. The minimum Gasteiger partial charge on any atom is -0.406 e. The molecule has 0 radical (unpaired) electrons. The summed E-state index contributed by atoms with van der Waals surface area (Å²) >= 11 is 0. The molecule has 116 valence electrons. The second-order valence-corrected chi connectivity index (χ2v) is 5.88. The molecule has 2 fully saturated rings. The Bertz CT molecular complexity index is 722. The van der Waals surface area contributed by atoms with Crippen LogP contribution in [-0.4, -0.2) is 42.5 Å². The van der Waals surface area contributed by atoms with E-state index in [4.69, 9.17) is 0 Å². The number of ether oxygens (including phenoxy) is 1. The van der Waals surface area contributed by atoms with E-state index < -0.39 is 6.36 Å². The lowest BCUT2D eigenvalue weighted by atomic mass is 9.74. The summed E-state index contributed by atoms with van der Waals surface area (Å²) in [6.45, 7) is 3.68. The summed E-state index contributed by atoms with van der Waals surface area (Å²) in [5.74, 6) is 0.409.